The summed E-state index contributed by atoms with van der Waals surface area (Å²) in [5.74, 6) is 0.0654. The maximum absolute atomic E-state index is 13.1. The summed E-state index contributed by atoms with van der Waals surface area (Å²) in [7, 11) is 1.66. The van der Waals surface area contributed by atoms with Crippen LogP contribution < -0.4 is 0 Å². The zero-order valence-corrected chi connectivity index (χ0v) is 17.2. The number of fused-ring (bicyclic) bond motifs is 1. The van der Waals surface area contributed by atoms with Crippen molar-refractivity contribution in [2.45, 2.75) is 19.4 Å². The fourth-order valence-corrected chi connectivity index (χ4v) is 3.78. The Bertz CT molecular complexity index is 1000. The summed E-state index contributed by atoms with van der Waals surface area (Å²) >= 11 is 0. The molecule has 1 aliphatic rings. The number of ether oxygens (including phenoxy) is 1. The number of amides is 1. The van der Waals surface area contributed by atoms with Crippen molar-refractivity contribution in [3.05, 3.63) is 70.9 Å². The third kappa shape index (κ3) is 3.73. The molecule has 1 unspecified atom stereocenters. The molecular weight excluding hydrogens is 390 g/mol. The van der Waals surface area contributed by atoms with Crippen LogP contribution in [-0.4, -0.2) is 46.4 Å². The maximum atomic E-state index is 13.1. The molecule has 0 saturated carbocycles. The third-order valence-electron chi connectivity index (χ3n) is 5.16. The predicted molar refractivity (Wildman–Crippen MR) is 113 cm³/mol. The minimum atomic E-state index is -0.256. The van der Waals surface area contributed by atoms with Gasteiger partial charge >= 0.3 is 0 Å². The Labute approximate surface area is 175 Å². The lowest BCUT2D eigenvalue weighted by Gasteiger charge is -2.26. The van der Waals surface area contributed by atoms with Crippen LogP contribution in [0.15, 0.2) is 48.5 Å². The standard InChI is InChI=1S/C22H23N3O3.ClH/c1-14-8-10-15(11-9-14)21-18-19(16-6-3-4-7-17(16)26)23-24-20(18)22(27)25(21)12-5-13-28-2;/h3-4,6-11,21,26H,5,12-13H2,1-2H3,(H,23,24);1H. The van der Waals surface area contributed by atoms with Crippen LogP contribution in [0.3, 0.4) is 0 Å². The molecule has 3 aromatic rings. The highest BCUT2D eigenvalue weighted by Crippen LogP contribution is 2.44. The first kappa shape index (κ1) is 20.9. The zero-order chi connectivity index (χ0) is 19.7. The van der Waals surface area contributed by atoms with Gasteiger partial charge in [-0.1, -0.05) is 42.0 Å². The van der Waals surface area contributed by atoms with E-state index >= 15 is 0 Å². The van der Waals surface area contributed by atoms with Gasteiger partial charge in [0.25, 0.3) is 5.91 Å². The van der Waals surface area contributed by atoms with Crippen molar-refractivity contribution in [3.8, 4) is 17.0 Å². The molecule has 152 valence electrons. The second kappa shape index (κ2) is 8.68. The Kier molecular flexibility index (Phi) is 6.25. The van der Waals surface area contributed by atoms with E-state index in [4.69, 9.17) is 4.74 Å². The predicted octanol–water partition coefficient (Wildman–Crippen LogP) is 4.09. The number of nitrogens with zero attached hydrogens (tertiary/aromatic N) is 2. The Morgan fingerprint density at radius 1 is 1.17 bits per heavy atom. The first-order valence-electron chi connectivity index (χ1n) is 9.35. The average Bonchev–Trinajstić information content (AvgIpc) is 3.23. The van der Waals surface area contributed by atoms with E-state index in [1.807, 2.05) is 48.2 Å². The Hall–Kier alpha value is -2.83. The summed E-state index contributed by atoms with van der Waals surface area (Å²) in [4.78, 5) is 15.0. The van der Waals surface area contributed by atoms with Crippen molar-refractivity contribution in [1.82, 2.24) is 15.1 Å². The van der Waals surface area contributed by atoms with Gasteiger partial charge in [-0.2, -0.15) is 5.10 Å². The highest BCUT2D eigenvalue weighted by atomic mass is 35.5. The summed E-state index contributed by atoms with van der Waals surface area (Å²) in [5.41, 5.74) is 4.71. The summed E-state index contributed by atoms with van der Waals surface area (Å²) < 4.78 is 5.17. The van der Waals surface area contributed by atoms with Crippen molar-refractivity contribution in [2.24, 2.45) is 0 Å². The number of methoxy groups -OCH3 is 1. The van der Waals surface area contributed by atoms with Crippen molar-refractivity contribution >= 4 is 18.3 Å². The van der Waals surface area contributed by atoms with Crippen LogP contribution in [-0.2, 0) is 4.74 Å². The van der Waals surface area contributed by atoms with Crippen LogP contribution >= 0.6 is 12.4 Å². The molecule has 0 aliphatic carbocycles. The molecule has 1 aliphatic heterocycles. The summed E-state index contributed by atoms with van der Waals surface area (Å²) in [6, 6.07) is 15.0. The molecule has 0 spiro atoms. The molecular formula is C22H24ClN3O3. The number of para-hydroxylation sites is 1. The first-order chi connectivity index (χ1) is 13.6. The van der Waals surface area contributed by atoms with Gasteiger partial charge in [0.2, 0.25) is 0 Å². The third-order valence-corrected chi connectivity index (χ3v) is 5.16. The minimum Gasteiger partial charge on any atom is -0.507 e. The quantitative estimate of drug-likeness (QED) is 0.596. The molecule has 29 heavy (non-hydrogen) atoms. The number of aryl methyl sites for hydroxylation is 1. The fraction of sp³-hybridized carbons (Fsp3) is 0.273. The normalized spacial score (nSPS) is 15.3. The second-order valence-corrected chi connectivity index (χ2v) is 7.04. The van der Waals surface area contributed by atoms with E-state index < -0.39 is 0 Å². The van der Waals surface area contributed by atoms with Gasteiger partial charge < -0.3 is 14.7 Å². The molecule has 4 rings (SSSR count). The molecule has 1 amide bonds. The number of nitrogens with one attached hydrogen (secondary N) is 1. The lowest BCUT2D eigenvalue weighted by Crippen LogP contribution is -2.31. The molecule has 0 saturated heterocycles. The van der Waals surface area contributed by atoms with Gasteiger partial charge in [0.1, 0.15) is 17.1 Å². The van der Waals surface area contributed by atoms with Gasteiger partial charge in [0, 0.05) is 31.4 Å². The van der Waals surface area contributed by atoms with E-state index in [0.717, 1.165) is 23.1 Å². The van der Waals surface area contributed by atoms with E-state index in [2.05, 4.69) is 10.2 Å². The molecule has 2 N–H and O–H groups in total. The Morgan fingerprint density at radius 3 is 2.59 bits per heavy atom. The number of hydrogen-bond donors (Lipinski definition) is 2. The van der Waals surface area contributed by atoms with Crippen LogP contribution in [0.4, 0.5) is 0 Å². The zero-order valence-electron chi connectivity index (χ0n) is 16.4. The SMILES string of the molecule is COCCCN1C(=O)c2[nH]nc(-c3ccccc3O)c2C1c1ccc(C)cc1.Cl. The van der Waals surface area contributed by atoms with Crippen molar-refractivity contribution < 1.29 is 14.6 Å². The lowest BCUT2D eigenvalue weighted by molar-refractivity contribution is 0.0723. The number of hydrogen-bond acceptors (Lipinski definition) is 4. The highest BCUT2D eigenvalue weighted by Gasteiger charge is 2.42. The molecule has 2 aromatic carbocycles. The van der Waals surface area contributed by atoms with E-state index in [0.29, 0.717) is 30.1 Å². The fourth-order valence-electron chi connectivity index (χ4n) is 3.78. The minimum absolute atomic E-state index is 0. The number of carbonyl (C=O) groups excluding carboxylic acids is 1. The number of aromatic nitrogens is 2. The molecule has 7 heteroatoms. The Morgan fingerprint density at radius 2 is 1.90 bits per heavy atom. The topological polar surface area (TPSA) is 78.5 Å². The van der Waals surface area contributed by atoms with Crippen LogP contribution in [0.25, 0.3) is 11.3 Å². The highest BCUT2D eigenvalue weighted by molar-refractivity contribution is 6.00. The van der Waals surface area contributed by atoms with E-state index in [-0.39, 0.29) is 30.1 Å². The number of benzene rings is 2. The van der Waals surface area contributed by atoms with Crippen molar-refractivity contribution in [1.29, 1.82) is 0 Å². The van der Waals surface area contributed by atoms with Crippen LogP contribution in [0.2, 0.25) is 0 Å². The van der Waals surface area contributed by atoms with Gasteiger partial charge in [0.05, 0.1) is 6.04 Å². The summed E-state index contributed by atoms with van der Waals surface area (Å²) in [6.45, 7) is 3.20. The van der Waals surface area contributed by atoms with Gasteiger partial charge in [-0.25, -0.2) is 0 Å². The van der Waals surface area contributed by atoms with E-state index in [1.54, 1.807) is 19.2 Å². The largest absolute Gasteiger partial charge is 0.507 e. The number of halogens is 1. The van der Waals surface area contributed by atoms with E-state index in [1.165, 1.54) is 0 Å². The number of aromatic amines is 1. The molecule has 0 radical (unpaired) electrons. The smallest absolute Gasteiger partial charge is 0.273 e. The molecule has 2 heterocycles. The maximum Gasteiger partial charge on any atom is 0.273 e. The number of H-pyrrole nitrogens is 1. The summed E-state index contributed by atoms with van der Waals surface area (Å²) in [5, 5.41) is 17.6. The van der Waals surface area contributed by atoms with Gasteiger partial charge in [-0.05, 0) is 31.0 Å². The van der Waals surface area contributed by atoms with Gasteiger partial charge in [0.15, 0.2) is 0 Å². The second-order valence-electron chi connectivity index (χ2n) is 7.04. The number of carbonyl (C=O) groups is 1. The summed E-state index contributed by atoms with van der Waals surface area (Å²) in [6.07, 6.45) is 0.744. The molecule has 1 aromatic heterocycles. The lowest BCUT2D eigenvalue weighted by atomic mass is 9.95. The number of rotatable bonds is 6. The van der Waals surface area contributed by atoms with Crippen molar-refractivity contribution in [2.75, 3.05) is 20.3 Å². The van der Waals surface area contributed by atoms with Gasteiger partial charge in [-0.3, -0.25) is 9.89 Å². The first-order valence-corrected chi connectivity index (χ1v) is 9.35. The molecule has 0 bridgehead atoms. The van der Waals surface area contributed by atoms with Crippen molar-refractivity contribution in [3.63, 3.8) is 0 Å². The molecule has 1 atom stereocenters. The van der Waals surface area contributed by atoms with Crippen LogP contribution in [0.1, 0.15) is 39.6 Å². The average molecular weight is 414 g/mol. The molecule has 0 fully saturated rings. The van der Waals surface area contributed by atoms with Gasteiger partial charge in [-0.15, -0.1) is 12.4 Å². The molecule has 6 nitrogen and oxygen atoms in total. The van der Waals surface area contributed by atoms with Crippen LogP contribution in [0.5, 0.6) is 5.75 Å². The Balaban J connectivity index is 0.00000240. The van der Waals surface area contributed by atoms with Crippen LogP contribution in [0, 0.1) is 6.92 Å². The van der Waals surface area contributed by atoms with E-state index in [9.17, 15) is 9.90 Å². The monoisotopic (exact) mass is 413 g/mol. The number of phenols is 1. The number of phenolic OH excluding ortho intramolecular Hbond substituents is 1. The number of aromatic hydroxyl groups is 1.